The summed E-state index contributed by atoms with van der Waals surface area (Å²) in [5.74, 6) is -0.895. The maximum Gasteiger partial charge on any atom is 0.262 e. The first kappa shape index (κ1) is 14.8. The SMILES string of the molecule is N#Cc1ccc(OCC(=O)Nc2ccc(Cl)cc2)cc1F. The van der Waals surface area contributed by atoms with Gasteiger partial charge in [0.05, 0.1) is 5.56 Å². The zero-order valence-electron chi connectivity index (χ0n) is 10.8. The Kier molecular flexibility index (Phi) is 4.75. The number of benzene rings is 2. The number of nitrogens with zero attached hydrogens (tertiary/aromatic N) is 1. The maximum absolute atomic E-state index is 13.3. The molecule has 0 radical (unpaired) electrons. The normalized spacial score (nSPS) is 9.76. The van der Waals surface area contributed by atoms with E-state index in [1.165, 1.54) is 12.1 Å². The van der Waals surface area contributed by atoms with Gasteiger partial charge in [0, 0.05) is 16.8 Å². The fourth-order valence-corrected chi connectivity index (χ4v) is 1.68. The van der Waals surface area contributed by atoms with E-state index in [2.05, 4.69) is 5.32 Å². The summed E-state index contributed by atoms with van der Waals surface area (Å²) in [6.45, 7) is -0.270. The number of carbonyl (C=O) groups excluding carboxylic acids is 1. The van der Waals surface area contributed by atoms with Crippen molar-refractivity contribution in [1.29, 1.82) is 5.26 Å². The Morgan fingerprint density at radius 1 is 1.29 bits per heavy atom. The van der Waals surface area contributed by atoms with Gasteiger partial charge in [0.2, 0.25) is 0 Å². The minimum Gasteiger partial charge on any atom is -0.484 e. The van der Waals surface area contributed by atoms with Gasteiger partial charge in [-0.2, -0.15) is 5.26 Å². The molecule has 0 aromatic heterocycles. The number of amides is 1. The lowest BCUT2D eigenvalue weighted by Gasteiger charge is -2.08. The Morgan fingerprint density at radius 3 is 2.62 bits per heavy atom. The monoisotopic (exact) mass is 304 g/mol. The summed E-state index contributed by atoms with van der Waals surface area (Å²) in [6.07, 6.45) is 0. The largest absolute Gasteiger partial charge is 0.484 e. The van der Waals surface area contributed by atoms with Crippen LogP contribution >= 0.6 is 11.6 Å². The second kappa shape index (κ2) is 6.73. The maximum atomic E-state index is 13.3. The Bertz CT molecular complexity index is 696. The Hall–Kier alpha value is -2.58. The van der Waals surface area contributed by atoms with Crippen molar-refractivity contribution in [3.05, 3.63) is 58.9 Å². The number of halogens is 2. The van der Waals surface area contributed by atoms with Crippen LogP contribution in [0.25, 0.3) is 0 Å². The molecule has 21 heavy (non-hydrogen) atoms. The molecule has 106 valence electrons. The molecular weight excluding hydrogens is 295 g/mol. The number of ether oxygens (including phenoxy) is 1. The van der Waals surface area contributed by atoms with Crippen molar-refractivity contribution in [2.24, 2.45) is 0 Å². The lowest BCUT2D eigenvalue weighted by molar-refractivity contribution is -0.118. The van der Waals surface area contributed by atoms with E-state index < -0.39 is 5.82 Å². The summed E-state index contributed by atoms with van der Waals surface area (Å²) in [7, 11) is 0. The smallest absolute Gasteiger partial charge is 0.262 e. The topological polar surface area (TPSA) is 62.1 Å². The highest BCUT2D eigenvalue weighted by atomic mass is 35.5. The first-order valence-corrected chi connectivity index (χ1v) is 6.34. The average molecular weight is 305 g/mol. The van der Waals surface area contributed by atoms with E-state index in [1.807, 2.05) is 0 Å². The Balaban J connectivity index is 1.91. The van der Waals surface area contributed by atoms with Crippen molar-refractivity contribution in [2.45, 2.75) is 0 Å². The number of hydrogen-bond acceptors (Lipinski definition) is 3. The van der Waals surface area contributed by atoms with Crippen molar-refractivity contribution in [3.63, 3.8) is 0 Å². The number of anilines is 1. The molecule has 1 amide bonds. The minimum absolute atomic E-state index is 0.0760. The van der Waals surface area contributed by atoms with E-state index in [4.69, 9.17) is 21.6 Å². The van der Waals surface area contributed by atoms with Crippen LogP contribution in [0.5, 0.6) is 5.75 Å². The molecule has 4 nitrogen and oxygen atoms in total. The van der Waals surface area contributed by atoms with Gasteiger partial charge >= 0.3 is 0 Å². The van der Waals surface area contributed by atoms with Crippen LogP contribution in [0.2, 0.25) is 5.02 Å². The van der Waals surface area contributed by atoms with E-state index in [0.29, 0.717) is 10.7 Å². The third-order valence-corrected chi connectivity index (χ3v) is 2.81. The molecule has 6 heteroatoms. The lowest BCUT2D eigenvalue weighted by Crippen LogP contribution is -2.20. The minimum atomic E-state index is -0.687. The van der Waals surface area contributed by atoms with Crippen molar-refractivity contribution in [2.75, 3.05) is 11.9 Å². The van der Waals surface area contributed by atoms with Crippen LogP contribution in [-0.4, -0.2) is 12.5 Å². The molecule has 0 fully saturated rings. The van der Waals surface area contributed by atoms with Crippen LogP contribution in [0, 0.1) is 17.1 Å². The van der Waals surface area contributed by atoms with Gasteiger partial charge in [0.25, 0.3) is 5.91 Å². The zero-order valence-corrected chi connectivity index (χ0v) is 11.5. The molecule has 0 aliphatic carbocycles. The van der Waals surface area contributed by atoms with Gasteiger partial charge in [-0.3, -0.25) is 4.79 Å². The molecule has 0 saturated heterocycles. The van der Waals surface area contributed by atoms with Gasteiger partial charge in [-0.25, -0.2) is 4.39 Å². The van der Waals surface area contributed by atoms with Crippen LogP contribution in [0.4, 0.5) is 10.1 Å². The summed E-state index contributed by atoms with van der Waals surface area (Å²) in [5.41, 5.74) is 0.506. The highest BCUT2D eigenvalue weighted by molar-refractivity contribution is 6.30. The van der Waals surface area contributed by atoms with E-state index in [-0.39, 0.29) is 23.8 Å². The number of nitriles is 1. The van der Waals surface area contributed by atoms with Gasteiger partial charge in [0.15, 0.2) is 6.61 Å². The summed E-state index contributed by atoms with van der Waals surface area (Å²) in [6, 6.07) is 12.1. The summed E-state index contributed by atoms with van der Waals surface area (Å²) in [4.78, 5) is 11.7. The van der Waals surface area contributed by atoms with Crippen molar-refractivity contribution < 1.29 is 13.9 Å². The fraction of sp³-hybridized carbons (Fsp3) is 0.0667. The first-order valence-electron chi connectivity index (χ1n) is 5.96. The predicted octanol–water partition coefficient (Wildman–Crippen LogP) is 3.37. The number of carbonyl (C=O) groups is 1. The third kappa shape index (κ3) is 4.20. The molecule has 0 heterocycles. The van der Waals surface area contributed by atoms with Crippen LogP contribution < -0.4 is 10.1 Å². The number of rotatable bonds is 4. The second-order valence-corrected chi connectivity index (χ2v) is 4.53. The highest BCUT2D eigenvalue weighted by Crippen LogP contribution is 2.16. The van der Waals surface area contributed by atoms with Gasteiger partial charge < -0.3 is 10.1 Å². The van der Waals surface area contributed by atoms with Gasteiger partial charge in [-0.05, 0) is 36.4 Å². The van der Waals surface area contributed by atoms with Crippen LogP contribution in [-0.2, 0) is 4.79 Å². The zero-order chi connectivity index (χ0) is 15.2. The molecule has 0 saturated carbocycles. The Labute approximate surface area is 125 Å². The van der Waals surface area contributed by atoms with Crippen molar-refractivity contribution >= 4 is 23.2 Å². The van der Waals surface area contributed by atoms with Crippen LogP contribution in [0.3, 0.4) is 0 Å². The number of hydrogen-bond donors (Lipinski definition) is 1. The molecular formula is C15H10ClFN2O2. The quantitative estimate of drug-likeness (QED) is 0.942. The molecule has 2 aromatic rings. The van der Waals surface area contributed by atoms with E-state index in [0.717, 1.165) is 6.07 Å². The fourth-order valence-electron chi connectivity index (χ4n) is 1.56. The third-order valence-electron chi connectivity index (χ3n) is 2.56. The van der Waals surface area contributed by atoms with Crippen LogP contribution in [0.1, 0.15) is 5.56 Å². The molecule has 0 unspecified atom stereocenters. The van der Waals surface area contributed by atoms with E-state index in [9.17, 15) is 9.18 Å². The standard InChI is InChI=1S/C15H10ClFN2O2/c16-11-2-4-12(5-3-11)19-15(20)9-21-13-6-1-10(8-18)14(17)7-13/h1-7H,9H2,(H,19,20). The molecule has 1 N–H and O–H groups in total. The van der Waals surface area contributed by atoms with Gasteiger partial charge in [-0.15, -0.1) is 0 Å². The summed E-state index contributed by atoms with van der Waals surface area (Å²) in [5, 5.41) is 11.8. The average Bonchev–Trinajstić information content (AvgIpc) is 2.48. The molecule has 0 atom stereocenters. The summed E-state index contributed by atoms with van der Waals surface area (Å²) >= 11 is 5.73. The molecule has 2 rings (SSSR count). The highest BCUT2D eigenvalue weighted by Gasteiger charge is 2.06. The van der Waals surface area contributed by atoms with E-state index >= 15 is 0 Å². The van der Waals surface area contributed by atoms with E-state index in [1.54, 1.807) is 30.3 Å². The summed E-state index contributed by atoms with van der Waals surface area (Å²) < 4.78 is 18.5. The molecule has 0 aliphatic heterocycles. The van der Waals surface area contributed by atoms with Gasteiger partial charge in [-0.1, -0.05) is 11.6 Å². The van der Waals surface area contributed by atoms with Crippen LogP contribution in [0.15, 0.2) is 42.5 Å². The molecule has 0 spiro atoms. The first-order chi connectivity index (χ1) is 10.1. The van der Waals surface area contributed by atoms with Crippen molar-refractivity contribution in [3.8, 4) is 11.8 Å². The predicted molar refractivity (Wildman–Crippen MR) is 76.7 cm³/mol. The number of nitrogens with one attached hydrogen (secondary N) is 1. The molecule has 2 aromatic carbocycles. The second-order valence-electron chi connectivity index (χ2n) is 4.10. The molecule has 0 bridgehead atoms. The molecule has 0 aliphatic rings. The lowest BCUT2D eigenvalue weighted by atomic mass is 10.2. The van der Waals surface area contributed by atoms with Gasteiger partial charge in [0.1, 0.15) is 17.6 Å². The van der Waals surface area contributed by atoms with Crippen molar-refractivity contribution in [1.82, 2.24) is 0 Å². The Morgan fingerprint density at radius 2 is 2.00 bits per heavy atom.